The molecule has 8 heteroatoms. The highest BCUT2D eigenvalue weighted by atomic mass is 32.3. The van der Waals surface area contributed by atoms with E-state index in [1.807, 2.05) is 66.7 Å². The number of para-hydroxylation sites is 1. The van der Waals surface area contributed by atoms with Crippen molar-refractivity contribution < 1.29 is 32.5 Å². The van der Waals surface area contributed by atoms with Gasteiger partial charge in [0.2, 0.25) is 0 Å². The molecule has 24 heavy (non-hydrogen) atoms. The first-order valence-corrected chi connectivity index (χ1v) is 8.11. The lowest BCUT2D eigenvalue weighted by atomic mass is 10.2. The number of hydrogen-bond acceptors (Lipinski definition) is 5. The van der Waals surface area contributed by atoms with Crippen LogP contribution < -0.4 is 4.74 Å². The molecule has 0 aliphatic rings. The van der Waals surface area contributed by atoms with Gasteiger partial charge in [0.05, 0.1) is 19.5 Å². The Kier molecular flexibility index (Phi) is 12.0. The molecule has 0 saturated carbocycles. The molecule has 2 rings (SSSR count). The van der Waals surface area contributed by atoms with Crippen LogP contribution in [0.1, 0.15) is 5.56 Å². The molecular weight excluding hydrogens is 336 g/mol. The van der Waals surface area contributed by atoms with Crippen molar-refractivity contribution in [3.8, 4) is 5.75 Å². The zero-order valence-corrected chi connectivity index (χ0v) is 13.6. The minimum atomic E-state index is -4.67. The monoisotopic (exact) mass is 356 g/mol. The van der Waals surface area contributed by atoms with E-state index in [0.717, 1.165) is 11.3 Å². The van der Waals surface area contributed by atoms with Crippen molar-refractivity contribution in [3.63, 3.8) is 0 Å². The fourth-order valence-electron chi connectivity index (χ4n) is 1.25. The lowest BCUT2D eigenvalue weighted by Gasteiger charge is -1.98. The van der Waals surface area contributed by atoms with Crippen LogP contribution in [0.2, 0.25) is 0 Å². The van der Waals surface area contributed by atoms with Crippen molar-refractivity contribution >= 4 is 16.5 Å². The number of ether oxygens (including phenoxy) is 1. The summed E-state index contributed by atoms with van der Waals surface area (Å²) in [5.41, 5.74) is 1.13. The first kappa shape index (κ1) is 21.8. The third-order valence-electron chi connectivity index (χ3n) is 2.11. The summed E-state index contributed by atoms with van der Waals surface area (Å²) in [6.45, 7) is -0.250. The Morgan fingerprint density at radius 3 is 1.67 bits per heavy atom. The molecule has 2 aromatic carbocycles. The molecule has 0 spiro atoms. The Labute approximate surface area is 141 Å². The predicted octanol–water partition coefficient (Wildman–Crippen LogP) is 2.05. The molecule has 0 unspecified atom stereocenters. The molecule has 0 fully saturated rings. The maximum absolute atomic E-state index is 8.74. The molecule has 4 N–H and O–H groups in total. The van der Waals surface area contributed by atoms with Gasteiger partial charge in [-0.05, 0) is 23.8 Å². The van der Waals surface area contributed by atoms with E-state index in [4.69, 9.17) is 32.5 Å². The Morgan fingerprint density at radius 2 is 1.25 bits per heavy atom. The third-order valence-corrected chi connectivity index (χ3v) is 2.11. The summed E-state index contributed by atoms with van der Waals surface area (Å²) < 4.78 is 37.0. The van der Waals surface area contributed by atoms with E-state index < -0.39 is 10.4 Å². The first-order chi connectivity index (χ1) is 11.4. The molecule has 132 valence electrons. The van der Waals surface area contributed by atoms with E-state index in [1.165, 1.54) is 0 Å². The van der Waals surface area contributed by atoms with Crippen LogP contribution in [0.4, 0.5) is 0 Å². The molecule has 0 amide bonds. The van der Waals surface area contributed by atoms with Crippen LogP contribution in [0, 0.1) is 0 Å². The second-order valence-electron chi connectivity index (χ2n) is 4.04. The number of benzene rings is 2. The molecule has 0 atom stereocenters. The highest BCUT2D eigenvalue weighted by molar-refractivity contribution is 7.79. The van der Waals surface area contributed by atoms with Crippen LogP contribution in [-0.2, 0) is 10.4 Å². The second kappa shape index (κ2) is 13.2. The van der Waals surface area contributed by atoms with Gasteiger partial charge in [-0.15, -0.1) is 0 Å². The lowest BCUT2D eigenvalue weighted by Crippen LogP contribution is -1.89. The minimum absolute atomic E-state index is 0.125. The standard InChI is InChI=1S/C14H12O.C2H6O2.H2O4S/c1-3-7-13(8-4-1)11-12-15-14-9-5-2-6-10-14;3-1-2-4;1-5(2,3)4/h1-12H;3-4H,1-2H2;(H2,1,2,3,4). The van der Waals surface area contributed by atoms with E-state index in [2.05, 4.69) is 0 Å². The highest BCUT2D eigenvalue weighted by Gasteiger charge is 1.86. The van der Waals surface area contributed by atoms with Gasteiger partial charge >= 0.3 is 10.4 Å². The van der Waals surface area contributed by atoms with E-state index in [9.17, 15) is 0 Å². The van der Waals surface area contributed by atoms with Crippen molar-refractivity contribution in [1.29, 1.82) is 0 Å². The molecule has 0 aliphatic carbocycles. The second-order valence-corrected chi connectivity index (χ2v) is 4.94. The fourth-order valence-corrected chi connectivity index (χ4v) is 1.25. The van der Waals surface area contributed by atoms with Crippen molar-refractivity contribution in [1.82, 2.24) is 0 Å². The van der Waals surface area contributed by atoms with Gasteiger partial charge in [-0.25, -0.2) is 0 Å². The van der Waals surface area contributed by atoms with Crippen LogP contribution in [0.25, 0.3) is 6.08 Å². The van der Waals surface area contributed by atoms with Gasteiger partial charge in [-0.2, -0.15) is 8.42 Å². The van der Waals surface area contributed by atoms with E-state index in [1.54, 1.807) is 6.26 Å². The Hall–Kier alpha value is -2.23. The molecule has 0 radical (unpaired) electrons. The maximum atomic E-state index is 8.74. The normalized spacial score (nSPS) is 10.2. The average Bonchev–Trinajstić information content (AvgIpc) is 2.56. The Morgan fingerprint density at radius 1 is 0.833 bits per heavy atom. The van der Waals surface area contributed by atoms with Gasteiger partial charge in [-0.3, -0.25) is 9.11 Å². The van der Waals surface area contributed by atoms with Crippen LogP contribution in [0.15, 0.2) is 66.9 Å². The van der Waals surface area contributed by atoms with Crippen molar-refractivity contribution in [3.05, 3.63) is 72.5 Å². The third kappa shape index (κ3) is 16.1. The summed E-state index contributed by atoms with van der Waals surface area (Å²) in [6.07, 6.45) is 3.64. The van der Waals surface area contributed by atoms with Gasteiger partial charge < -0.3 is 14.9 Å². The largest absolute Gasteiger partial charge is 0.465 e. The van der Waals surface area contributed by atoms with Gasteiger partial charge in [-0.1, -0.05) is 48.5 Å². The van der Waals surface area contributed by atoms with E-state index in [-0.39, 0.29) is 13.2 Å². The van der Waals surface area contributed by atoms with Gasteiger partial charge in [0.15, 0.2) is 0 Å². The highest BCUT2D eigenvalue weighted by Crippen LogP contribution is 2.09. The molecule has 0 heterocycles. The molecule has 0 aromatic heterocycles. The first-order valence-electron chi connectivity index (χ1n) is 6.71. The van der Waals surface area contributed by atoms with Gasteiger partial charge in [0.1, 0.15) is 5.75 Å². The zero-order chi connectivity index (χ0) is 18.3. The topological polar surface area (TPSA) is 124 Å². The molecule has 0 saturated heterocycles. The molecule has 0 bridgehead atoms. The zero-order valence-electron chi connectivity index (χ0n) is 12.8. The van der Waals surface area contributed by atoms with Crippen molar-refractivity contribution in [2.75, 3.05) is 13.2 Å². The fraction of sp³-hybridized carbons (Fsp3) is 0.125. The molecular formula is C16H20O7S. The lowest BCUT2D eigenvalue weighted by molar-refractivity contribution is 0.186. The van der Waals surface area contributed by atoms with Crippen molar-refractivity contribution in [2.45, 2.75) is 0 Å². The average molecular weight is 356 g/mol. The molecule has 2 aromatic rings. The summed E-state index contributed by atoms with van der Waals surface area (Å²) >= 11 is 0. The summed E-state index contributed by atoms with van der Waals surface area (Å²) in [5.74, 6) is 0.852. The number of aliphatic hydroxyl groups excluding tert-OH is 2. The van der Waals surface area contributed by atoms with Crippen LogP contribution in [0.5, 0.6) is 5.75 Å². The summed E-state index contributed by atoms with van der Waals surface area (Å²) in [5, 5.41) is 15.2. The summed E-state index contributed by atoms with van der Waals surface area (Å²) in [4.78, 5) is 0. The summed E-state index contributed by atoms with van der Waals surface area (Å²) in [7, 11) is -4.67. The van der Waals surface area contributed by atoms with Crippen LogP contribution in [-0.4, -0.2) is 41.0 Å². The van der Waals surface area contributed by atoms with E-state index >= 15 is 0 Å². The number of rotatable bonds is 4. The minimum Gasteiger partial charge on any atom is -0.465 e. The Bertz CT molecular complexity index is 645. The van der Waals surface area contributed by atoms with Crippen LogP contribution >= 0.6 is 0 Å². The smallest absolute Gasteiger partial charge is 0.394 e. The summed E-state index contributed by atoms with van der Waals surface area (Å²) in [6, 6.07) is 19.8. The van der Waals surface area contributed by atoms with Gasteiger partial charge in [0.25, 0.3) is 0 Å². The number of hydrogen-bond donors (Lipinski definition) is 4. The quantitative estimate of drug-likeness (QED) is 0.488. The van der Waals surface area contributed by atoms with Crippen molar-refractivity contribution in [2.24, 2.45) is 0 Å². The predicted molar refractivity (Wildman–Crippen MR) is 90.9 cm³/mol. The van der Waals surface area contributed by atoms with Crippen LogP contribution in [0.3, 0.4) is 0 Å². The molecule has 7 nitrogen and oxygen atoms in total. The number of aliphatic hydroxyl groups is 2. The maximum Gasteiger partial charge on any atom is 0.394 e. The van der Waals surface area contributed by atoms with Gasteiger partial charge in [0, 0.05) is 0 Å². The Balaban J connectivity index is 0.000000492. The SMILES string of the molecule is C(=Cc1ccccc1)Oc1ccccc1.O=S(=O)(O)O.OCCO. The van der Waals surface area contributed by atoms with E-state index in [0.29, 0.717) is 0 Å². The molecule has 0 aliphatic heterocycles.